The minimum Gasteiger partial charge on any atom is -0.349 e. The lowest BCUT2D eigenvalue weighted by Gasteiger charge is -2.37. The van der Waals surface area contributed by atoms with Crippen molar-refractivity contribution in [1.29, 1.82) is 0 Å². The van der Waals surface area contributed by atoms with Crippen LogP contribution < -0.4 is 16.0 Å². The van der Waals surface area contributed by atoms with Gasteiger partial charge < -0.3 is 25.8 Å². The van der Waals surface area contributed by atoms with Crippen molar-refractivity contribution < 1.29 is 28.3 Å². The Hall–Kier alpha value is -3.23. The van der Waals surface area contributed by atoms with Crippen molar-refractivity contribution in [3.05, 3.63) is 38.9 Å². The summed E-state index contributed by atoms with van der Waals surface area (Å²) < 4.78 is 16.0. The van der Waals surface area contributed by atoms with Crippen LogP contribution in [0.1, 0.15) is 39.6 Å². The monoisotopic (exact) mass is 585 g/mol. The van der Waals surface area contributed by atoms with Gasteiger partial charge in [0.2, 0.25) is 5.91 Å². The third-order valence-electron chi connectivity index (χ3n) is 6.56. The predicted molar refractivity (Wildman–Crippen MR) is 141 cm³/mol. The lowest BCUT2D eigenvalue weighted by atomic mass is 9.81. The summed E-state index contributed by atoms with van der Waals surface area (Å²) in [4.78, 5) is 64.3. The van der Waals surface area contributed by atoms with E-state index in [1.54, 1.807) is 20.2 Å². The van der Waals surface area contributed by atoms with Crippen molar-refractivity contribution in [3.63, 3.8) is 0 Å². The van der Waals surface area contributed by atoms with E-state index < -0.39 is 23.9 Å². The van der Waals surface area contributed by atoms with Crippen molar-refractivity contribution >= 4 is 52.4 Å². The number of aromatic nitrogens is 2. The third-order valence-corrected chi connectivity index (χ3v) is 7.87. The van der Waals surface area contributed by atoms with E-state index in [0.717, 1.165) is 30.1 Å². The Kier molecular flexibility index (Phi) is 10.7. The van der Waals surface area contributed by atoms with Crippen LogP contribution in [0.4, 0.5) is 15.0 Å². The minimum absolute atomic E-state index is 0.0386. The number of hydrogen-bond acceptors (Lipinski definition) is 8. The molecule has 39 heavy (non-hydrogen) atoms. The molecule has 0 saturated heterocycles. The van der Waals surface area contributed by atoms with Gasteiger partial charge >= 0.3 is 11.8 Å². The molecule has 4 rings (SSSR count). The summed E-state index contributed by atoms with van der Waals surface area (Å²) in [6, 6.07) is 1.95. The van der Waals surface area contributed by atoms with Gasteiger partial charge in [-0.2, -0.15) is 0 Å². The summed E-state index contributed by atoms with van der Waals surface area (Å²) in [6.07, 6.45) is 3.42. The Balaban J connectivity index is 0.00000205. The zero-order valence-corrected chi connectivity index (χ0v) is 23.2. The van der Waals surface area contributed by atoms with Crippen molar-refractivity contribution in [2.24, 2.45) is 5.92 Å². The Morgan fingerprint density at radius 2 is 1.85 bits per heavy atom. The van der Waals surface area contributed by atoms with E-state index in [4.69, 9.17) is 20.7 Å². The van der Waals surface area contributed by atoms with Gasteiger partial charge in [-0.3, -0.25) is 19.2 Å². The Labute approximate surface area is 233 Å². The van der Waals surface area contributed by atoms with Gasteiger partial charge in [0.1, 0.15) is 5.82 Å². The molecule has 15 heteroatoms. The normalized spacial score (nSPS) is 20.5. The van der Waals surface area contributed by atoms with E-state index in [0.29, 0.717) is 29.3 Å². The van der Waals surface area contributed by atoms with Crippen LogP contribution >= 0.6 is 22.9 Å². The molecule has 0 radical (unpaired) electrons. The van der Waals surface area contributed by atoms with Crippen LogP contribution in [0, 0.1) is 5.92 Å². The van der Waals surface area contributed by atoms with E-state index >= 15 is 0 Å². The number of thiazole rings is 1. The number of amides is 4. The molecule has 0 bridgehead atoms. The van der Waals surface area contributed by atoms with Crippen LogP contribution in [0.25, 0.3) is 0 Å². The second kappa shape index (κ2) is 13.7. The highest BCUT2D eigenvalue weighted by atomic mass is 35.5. The molecule has 2 aromatic heterocycles. The fraction of sp³-hybridized carbons (Fsp3) is 0.500. The van der Waals surface area contributed by atoms with Crippen LogP contribution in [0.2, 0.25) is 5.02 Å². The van der Waals surface area contributed by atoms with Gasteiger partial charge in [-0.15, -0.1) is 11.3 Å². The molecule has 3 atom stereocenters. The number of nitrogens with zero attached hydrogens (tertiary/aromatic N) is 4. The van der Waals surface area contributed by atoms with E-state index in [9.17, 15) is 19.2 Å². The maximum absolute atomic E-state index is 13.2. The molecular weight excluding hydrogens is 556 g/mol. The smallest absolute Gasteiger partial charge is 0.314 e. The first-order chi connectivity index (χ1) is 18.6. The number of halogens is 3. The third kappa shape index (κ3) is 7.90. The number of anilines is 1. The Morgan fingerprint density at radius 1 is 1.10 bits per heavy atom. The molecule has 11 nitrogen and oxygen atoms in total. The number of fused-ring (bicyclic) bond motifs is 1. The van der Waals surface area contributed by atoms with Gasteiger partial charge in [0, 0.05) is 65.8 Å². The Bertz CT molecular complexity index is 1200. The first kappa shape index (κ1) is 30.3. The molecule has 3 heterocycles. The molecule has 1 saturated carbocycles. The standard InChI is InChI=1S/C24H30ClN7O4S.F2/c1-31(2)24(36)13-4-6-15(27-20(33)21(34)30-19-7-5-14(25)11-26-19)17(10-13)28-22(35)23-29-16-8-9-32(3)12-18(16)37-23;1-2/h5,7,11,13,15,17H,4,6,8-10,12H2,1-3H3,(H,27,33)(H,28,35)(H,26,30,34);/t13-,15-,17+;/m0./s1. The second-order valence-corrected chi connectivity index (χ2v) is 11.1. The zero-order chi connectivity index (χ0) is 28.7. The van der Waals surface area contributed by atoms with Gasteiger partial charge in [-0.25, -0.2) is 9.97 Å². The molecule has 212 valence electrons. The van der Waals surface area contributed by atoms with Crippen LogP contribution in [-0.4, -0.2) is 83.2 Å². The average Bonchev–Trinajstić information content (AvgIpc) is 3.35. The van der Waals surface area contributed by atoms with Gasteiger partial charge in [0.25, 0.3) is 5.91 Å². The first-order valence-electron chi connectivity index (χ1n) is 12.2. The molecule has 0 unspecified atom stereocenters. The number of nitrogens with one attached hydrogen (secondary N) is 3. The fourth-order valence-corrected chi connectivity index (χ4v) is 5.80. The maximum Gasteiger partial charge on any atom is 0.314 e. The fourth-order valence-electron chi connectivity index (χ4n) is 4.60. The number of carbonyl (C=O) groups is 4. The lowest BCUT2D eigenvalue weighted by molar-refractivity contribution is -0.137. The summed E-state index contributed by atoms with van der Waals surface area (Å²) >= 11 is 7.17. The highest BCUT2D eigenvalue weighted by Gasteiger charge is 2.37. The molecular formula is C24H30ClF2N7O4S. The second-order valence-electron chi connectivity index (χ2n) is 9.60. The number of hydrogen-bond donors (Lipinski definition) is 3. The molecule has 3 N–H and O–H groups in total. The maximum atomic E-state index is 13.2. The number of carbonyl (C=O) groups excluding carboxylic acids is 4. The lowest BCUT2D eigenvalue weighted by Crippen LogP contribution is -2.57. The molecule has 0 spiro atoms. The number of pyridine rings is 1. The summed E-state index contributed by atoms with van der Waals surface area (Å²) in [5, 5.41) is 8.91. The van der Waals surface area contributed by atoms with E-state index in [1.807, 2.05) is 7.05 Å². The minimum atomic E-state index is -0.886. The molecule has 1 aliphatic heterocycles. The number of likely N-dealkylation sites (N-methyl/N-ethyl adjacent to an activating group) is 1. The Morgan fingerprint density at radius 3 is 2.51 bits per heavy atom. The first-order valence-corrected chi connectivity index (χ1v) is 13.4. The van der Waals surface area contributed by atoms with Crippen LogP contribution in [-0.2, 0) is 27.3 Å². The largest absolute Gasteiger partial charge is 0.349 e. The van der Waals surface area contributed by atoms with Gasteiger partial charge in [0.15, 0.2) is 5.01 Å². The van der Waals surface area contributed by atoms with Crippen molar-refractivity contribution in [2.75, 3.05) is 33.0 Å². The van der Waals surface area contributed by atoms with E-state index in [1.165, 1.54) is 28.5 Å². The van der Waals surface area contributed by atoms with Gasteiger partial charge in [-0.1, -0.05) is 11.6 Å². The summed E-state index contributed by atoms with van der Waals surface area (Å²) in [5.74, 6) is -2.25. The molecule has 1 aliphatic carbocycles. The topological polar surface area (TPSA) is 137 Å². The molecule has 4 amide bonds. The van der Waals surface area contributed by atoms with Crippen molar-refractivity contribution in [1.82, 2.24) is 30.4 Å². The molecule has 0 aromatic carbocycles. The average molecular weight is 586 g/mol. The highest BCUT2D eigenvalue weighted by Crippen LogP contribution is 2.28. The molecule has 1 fully saturated rings. The van der Waals surface area contributed by atoms with Crippen molar-refractivity contribution in [3.8, 4) is 0 Å². The quantitative estimate of drug-likeness (QED) is 0.457. The van der Waals surface area contributed by atoms with E-state index in [2.05, 4.69) is 30.8 Å². The van der Waals surface area contributed by atoms with Crippen molar-refractivity contribution in [2.45, 2.75) is 44.3 Å². The van der Waals surface area contributed by atoms with Gasteiger partial charge in [0.05, 0.1) is 16.8 Å². The van der Waals surface area contributed by atoms with E-state index in [-0.39, 0.29) is 23.6 Å². The molecule has 2 aromatic rings. The van der Waals surface area contributed by atoms with Crippen LogP contribution in [0.15, 0.2) is 18.3 Å². The summed E-state index contributed by atoms with van der Waals surface area (Å²) in [5.41, 5.74) is 0.940. The zero-order valence-electron chi connectivity index (χ0n) is 21.7. The summed E-state index contributed by atoms with van der Waals surface area (Å²) in [6.45, 7) is 1.63. The number of rotatable bonds is 5. The molecule has 2 aliphatic rings. The summed E-state index contributed by atoms with van der Waals surface area (Å²) in [7, 11) is 5.41. The van der Waals surface area contributed by atoms with Crippen LogP contribution in [0.3, 0.4) is 0 Å². The SMILES string of the molecule is CN1CCc2nc(C(=O)N[C@@H]3C[C@@H](C(=O)N(C)C)CC[C@@H]3NC(=O)C(=O)Nc3ccc(Cl)cn3)sc2C1.FF. The highest BCUT2D eigenvalue weighted by molar-refractivity contribution is 7.13. The van der Waals surface area contributed by atoms with Gasteiger partial charge in [-0.05, 0) is 38.4 Å². The predicted octanol–water partition coefficient (Wildman–Crippen LogP) is 2.13. The van der Waals surface area contributed by atoms with Crippen LogP contribution in [0.5, 0.6) is 0 Å².